The number of hydrogen-bond donors (Lipinski definition) is 2. The second-order valence-corrected chi connectivity index (χ2v) is 8.33. The van der Waals surface area contributed by atoms with E-state index in [4.69, 9.17) is 11.1 Å². The second-order valence-electron chi connectivity index (χ2n) is 8.33. The van der Waals surface area contributed by atoms with Gasteiger partial charge >= 0.3 is 0 Å². The maximum absolute atomic E-state index is 8.12. The maximum atomic E-state index is 8.12. The number of fused-ring (bicyclic) bond motifs is 3. The number of benzene rings is 1. The maximum Gasteiger partial charge on any atom is 0.138 e. The van der Waals surface area contributed by atoms with Gasteiger partial charge in [0.25, 0.3) is 0 Å². The summed E-state index contributed by atoms with van der Waals surface area (Å²) in [5, 5.41) is 15.1. The summed E-state index contributed by atoms with van der Waals surface area (Å²) in [6.07, 6.45) is 7.02. The summed E-state index contributed by atoms with van der Waals surface area (Å²) in [7, 11) is 0. The van der Waals surface area contributed by atoms with Gasteiger partial charge in [0, 0.05) is 38.3 Å². The van der Waals surface area contributed by atoms with Crippen LogP contribution in [0, 0.1) is 5.41 Å². The normalized spacial score (nSPS) is 16.2. The summed E-state index contributed by atoms with van der Waals surface area (Å²) in [5.41, 5.74) is 12.6. The van der Waals surface area contributed by atoms with Gasteiger partial charge in [0.1, 0.15) is 23.6 Å². The van der Waals surface area contributed by atoms with E-state index < -0.39 is 0 Å². The minimum atomic E-state index is 0. The summed E-state index contributed by atoms with van der Waals surface area (Å²) in [6.45, 7) is 4.99. The molecule has 0 unspecified atom stereocenters. The molecule has 2 aliphatic heterocycles. The van der Waals surface area contributed by atoms with Gasteiger partial charge in [0.2, 0.25) is 0 Å². The summed E-state index contributed by atoms with van der Waals surface area (Å²) in [5.74, 6) is 0.124. The third kappa shape index (κ3) is 4.56. The van der Waals surface area contributed by atoms with Crippen LogP contribution in [0.1, 0.15) is 35.1 Å². The standard InChI is InChI=1S/C23H29N7.2ClH/c24-23(25)20-18-8-4-5-9-19(18)22-21(20)26-16-27-30(22)29-14-12-28(13-15-29)11-10-17-6-2-1-3-7-17;;/h1-3,6-7,16H,4-5,8-15H2,(H3,24,25);2*1H. The molecule has 1 saturated heterocycles. The Labute approximate surface area is 201 Å². The van der Waals surface area contributed by atoms with Crippen LogP contribution in [0.3, 0.4) is 0 Å². The third-order valence-corrected chi connectivity index (χ3v) is 6.51. The Bertz CT molecular complexity index is 1010. The Hall–Kier alpha value is -2.35. The molecule has 7 nitrogen and oxygen atoms in total. The van der Waals surface area contributed by atoms with Gasteiger partial charge in [-0.25, -0.2) is 4.98 Å². The first kappa shape index (κ1) is 24.3. The Morgan fingerprint density at radius 2 is 1.66 bits per heavy atom. The van der Waals surface area contributed by atoms with Crippen LogP contribution in [0.4, 0.5) is 0 Å². The molecule has 1 aromatic carbocycles. The second kappa shape index (κ2) is 10.5. The zero-order chi connectivity index (χ0) is 20.5. The monoisotopic (exact) mass is 475 g/mol. The van der Waals surface area contributed by atoms with Gasteiger partial charge in [-0.3, -0.25) is 15.3 Å². The first-order valence-corrected chi connectivity index (χ1v) is 11.0. The van der Waals surface area contributed by atoms with Crippen LogP contribution in [-0.2, 0) is 19.3 Å². The summed E-state index contributed by atoms with van der Waals surface area (Å²) < 4.78 is 0. The van der Waals surface area contributed by atoms with Crippen molar-refractivity contribution in [2.45, 2.75) is 32.1 Å². The van der Waals surface area contributed by atoms with Crippen molar-refractivity contribution in [2.24, 2.45) is 5.73 Å². The highest BCUT2D eigenvalue weighted by molar-refractivity contribution is 6.04. The van der Waals surface area contributed by atoms with Crippen LogP contribution in [0.15, 0.2) is 36.7 Å². The van der Waals surface area contributed by atoms with E-state index in [0.717, 1.165) is 75.4 Å². The zero-order valence-electron chi connectivity index (χ0n) is 18.2. The molecule has 3 N–H and O–H groups in total. The number of aromatic nitrogens is 3. The number of piperazine rings is 1. The van der Waals surface area contributed by atoms with Crippen LogP contribution in [-0.4, -0.2) is 58.3 Å². The molecular weight excluding hydrogens is 445 g/mol. The molecule has 5 rings (SSSR count). The van der Waals surface area contributed by atoms with Gasteiger partial charge in [-0.1, -0.05) is 30.3 Å². The van der Waals surface area contributed by atoms with Crippen LogP contribution in [0.2, 0.25) is 0 Å². The van der Waals surface area contributed by atoms with Crippen molar-refractivity contribution in [3.05, 3.63) is 58.9 Å². The number of nitrogens with one attached hydrogen (secondary N) is 1. The minimum absolute atomic E-state index is 0. The van der Waals surface area contributed by atoms with Crippen molar-refractivity contribution >= 4 is 30.6 Å². The molecule has 4 aliphatic rings. The predicted octanol–water partition coefficient (Wildman–Crippen LogP) is 2.89. The largest absolute Gasteiger partial charge is 0.384 e. The smallest absolute Gasteiger partial charge is 0.138 e. The van der Waals surface area contributed by atoms with Crippen molar-refractivity contribution in [3.8, 4) is 11.4 Å². The van der Waals surface area contributed by atoms with E-state index in [2.05, 4.69) is 50.3 Å². The van der Waals surface area contributed by atoms with E-state index in [9.17, 15) is 0 Å². The van der Waals surface area contributed by atoms with Crippen molar-refractivity contribution in [2.75, 3.05) is 37.7 Å². The number of nitrogens with two attached hydrogens (primary N) is 1. The molecule has 0 aromatic heterocycles. The van der Waals surface area contributed by atoms with Gasteiger partial charge in [-0.05, 0) is 48.8 Å². The molecule has 0 radical (unpaired) electrons. The lowest BCUT2D eigenvalue weighted by molar-refractivity contribution is 0.237. The summed E-state index contributed by atoms with van der Waals surface area (Å²) in [4.78, 5) is 9.13. The van der Waals surface area contributed by atoms with Crippen LogP contribution >= 0.6 is 24.8 Å². The highest BCUT2D eigenvalue weighted by Crippen LogP contribution is 2.39. The fourth-order valence-electron chi connectivity index (χ4n) is 4.96. The molecule has 1 fully saturated rings. The summed E-state index contributed by atoms with van der Waals surface area (Å²) in [6, 6.07) is 10.7. The lowest BCUT2D eigenvalue weighted by Gasteiger charge is -2.37. The van der Waals surface area contributed by atoms with E-state index in [1.807, 2.05) is 4.79 Å². The quantitative estimate of drug-likeness (QED) is 0.437. The predicted molar refractivity (Wildman–Crippen MR) is 133 cm³/mol. The number of hydrogen-bond acceptors (Lipinski definition) is 5. The Morgan fingerprint density at radius 1 is 0.969 bits per heavy atom. The number of nitrogens with zero attached hydrogens (tertiary/aromatic N) is 5. The van der Waals surface area contributed by atoms with E-state index in [0.29, 0.717) is 0 Å². The molecule has 172 valence electrons. The molecule has 0 saturated carbocycles. The van der Waals surface area contributed by atoms with Crippen molar-refractivity contribution in [1.29, 1.82) is 5.41 Å². The minimum Gasteiger partial charge on any atom is -0.384 e. The average Bonchev–Trinajstić information content (AvgIpc) is 3.14. The molecule has 0 amide bonds. The highest BCUT2D eigenvalue weighted by atomic mass is 35.5. The van der Waals surface area contributed by atoms with Gasteiger partial charge in [0.15, 0.2) is 0 Å². The van der Waals surface area contributed by atoms with E-state index >= 15 is 0 Å². The van der Waals surface area contributed by atoms with Crippen molar-refractivity contribution < 1.29 is 0 Å². The first-order chi connectivity index (χ1) is 14.7. The number of rotatable bonds is 5. The van der Waals surface area contributed by atoms with Gasteiger partial charge in [-0.15, -0.1) is 29.9 Å². The Morgan fingerprint density at radius 3 is 2.34 bits per heavy atom. The van der Waals surface area contributed by atoms with Crippen LogP contribution in [0.5, 0.6) is 0 Å². The lowest BCUT2D eigenvalue weighted by Crippen LogP contribution is -2.52. The molecule has 2 heterocycles. The molecule has 2 aliphatic carbocycles. The number of nitrogen functional groups attached to an aromatic ring is 1. The van der Waals surface area contributed by atoms with Gasteiger partial charge < -0.3 is 5.73 Å². The number of halogens is 2. The molecule has 0 atom stereocenters. The van der Waals surface area contributed by atoms with Crippen molar-refractivity contribution in [1.82, 2.24) is 19.8 Å². The molecular formula is C23H31Cl2N7. The zero-order valence-corrected chi connectivity index (χ0v) is 19.8. The van der Waals surface area contributed by atoms with E-state index in [1.165, 1.54) is 23.1 Å². The SMILES string of the molecule is Cl.Cl.N=C(N)c1c2ncnn(N3CCN(CCc4ccccc4)CC3)c-2c2c1CCCC2. The molecule has 1 aromatic rings. The first-order valence-electron chi connectivity index (χ1n) is 11.0. The molecule has 32 heavy (non-hydrogen) atoms. The van der Waals surface area contributed by atoms with Gasteiger partial charge in [0.05, 0.1) is 0 Å². The Kier molecular flexibility index (Phi) is 7.98. The molecule has 9 heteroatoms. The third-order valence-electron chi connectivity index (χ3n) is 6.51. The molecule has 0 bridgehead atoms. The topological polar surface area (TPSA) is 87.1 Å². The average molecular weight is 476 g/mol. The highest BCUT2D eigenvalue weighted by Gasteiger charge is 2.32. The van der Waals surface area contributed by atoms with E-state index in [1.54, 1.807) is 6.33 Å². The fourth-order valence-corrected chi connectivity index (χ4v) is 4.96. The number of amidine groups is 1. The van der Waals surface area contributed by atoms with Crippen molar-refractivity contribution in [3.63, 3.8) is 0 Å². The van der Waals surface area contributed by atoms with Gasteiger partial charge in [-0.2, -0.15) is 4.79 Å². The summed E-state index contributed by atoms with van der Waals surface area (Å²) >= 11 is 0. The fraction of sp³-hybridized carbons (Fsp3) is 0.435. The lowest BCUT2D eigenvalue weighted by atomic mass is 9.93. The van der Waals surface area contributed by atoms with Crippen LogP contribution < -0.4 is 10.7 Å². The van der Waals surface area contributed by atoms with Crippen LogP contribution in [0.25, 0.3) is 11.4 Å². The molecule has 0 spiro atoms. The Balaban J connectivity index is 0.00000144. The van der Waals surface area contributed by atoms with E-state index in [-0.39, 0.29) is 30.6 Å².